The van der Waals surface area contributed by atoms with Crippen LogP contribution in [0.15, 0.2) is 0 Å². The molecule has 0 aromatic heterocycles. The predicted octanol–water partition coefficient (Wildman–Crippen LogP) is 4.39. The van der Waals surface area contributed by atoms with E-state index >= 15 is 0 Å². The maximum absolute atomic E-state index is 5.80. The second-order valence-corrected chi connectivity index (χ2v) is 19.2. The normalized spacial score (nSPS) is 13.8. The molecular formula is C4H9Cl6NSi2. The van der Waals surface area contributed by atoms with E-state index < -0.39 is 12.3 Å². The van der Waals surface area contributed by atoms with Crippen molar-refractivity contribution < 1.29 is 0 Å². The second-order valence-electron chi connectivity index (χ2n) is 2.44. The average molecular weight is 340 g/mol. The molecule has 80 valence electrons. The summed E-state index contributed by atoms with van der Waals surface area (Å²) in [7, 11) is 0. The minimum Gasteiger partial charge on any atom is -0.273 e. The topological polar surface area (TPSA) is 3.24 Å². The lowest BCUT2D eigenvalue weighted by molar-refractivity contribution is 0.615. The maximum atomic E-state index is 5.80. The van der Waals surface area contributed by atoms with Gasteiger partial charge >= 0.3 is 12.3 Å². The Morgan fingerprint density at radius 3 is 1.54 bits per heavy atom. The minimum atomic E-state index is -3.04. The predicted molar refractivity (Wildman–Crippen MR) is 68.2 cm³/mol. The smallest absolute Gasteiger partial charge is 0.273 e. The molecule has 0 heterocycles. The summed E-state index contributed by atoms with van der Waals surface area (Å²) >= 11 is 34.8. The van der Waals surface area contributed by atoms with Gasteiger partial charge in [-0.15, -0.1) is 66.5 Å². The molecule has 0 aromatic carbocycles. The minimum absolute atomic E-state index is 0.544. The van der Waals surface area contributed by atoms with Crippen LogP contribution in [0.4, 0.5) is 0 Å². The van der Waals surface area contributed by atoms with Crippen LogP contribution in [0.25, 0.3) is 0 Å². The second kappa shape index (κ2) is 6.01. The van der Waals surface area contributed by atoms with Gasteiger partial charge in [0.1, 0.15) is 0 Å². The van der Waals surface area contributed by atoms with E-state index in [0.717, 1.165) is 12.8 Å². The van der Waals surface area contributed by atoms with E-state index in [1.807, 2.05) is 6.92 Å². The molecule has 0 aliphatic heterocycles. The Labute approximate surface area is 109 Å². The molecule has 0 aliphatic rings. The highest BCUT2D eigenvalue weighted by Gasteiger charge is 2.48. The third-order valence-corrected chi connectivity index (χ3v) is 11.3. The van der Waals surface area contributed by atoms with Crippen molar-refractivity contribution >= 4 is 78.8 Å². The van der Waals surface area contributed by atoms with Gasteiger partial charge in [-0.05, 0) is 13.0 Å². The summed E-state index contributed by atoms with van der Waals surface area (Å²) in [6, 6.07) is 0. The van der Waals surface area contributed by atoms with E-state index in [-0.39, 0.29) is 0 Å². The van der Waals surface area contributed by atoms with Crippen molar-refractivity contribution in [1.82, 2.24) is 4.23 Å². The van der Waals surface area contributed by atoms with Gasteiger partial charge in [0.25, 0.3) is 0 Å². The highest BCUT2D eigenvalue weighted by atomic mass is 35.8. The van der Waals surface area contributed by atoms with Crippen LogP contribution in [0.3, 0.4) is 0 Å². The largest absolute Gasteiger partial charge is 0.420 e. The first kappa shape index (κ1) is 15.1. The molecule has 9 heteroatoms. The van der Waals surface area contributed by atoms with E-state index in [1.54, 1.807) is 0 Å². The lowest BCUT2D eigenvalue weighted by Gasteiger charge is -2.31. The zero-order valence-electron chi connectivity index (χ0n) is 6.84. The first-order valence-corrected chi connectivity index (χ1v) is 13.6. The van der Waals surface area contributed by atoms with Gasteiger partial charge in [0, 0.05) is 0 Å². The first-order chi connectivity index (χ1) is 5.69. The Bertz CT molecular complexity index is 140. The molecular weight excluding hydrogens is 331 g/mol. The van der Waals surface area contributed by atoms with Crippen molar-refractivity contribution in [2.75, 3.05) is 6.54 Å². The summed E-state index contributed by atoms with van der Waals surface area (Å²) in [6.45, 7) is 2.57. The Morgan fingerprint density at radius 2 is 1.31 bits per heavy atom. The Kier molecular flexibility index (Phi) is 7.00. The zero-order chi connectivity index (χ0) is 10.7. The van der Waals surface area contributed by atoms with Gasteiger partial charge in [-0.3, -0.25) is 4.23 Å². The van der Waals surface area contributed by atoms with Gasteiger partial charge in [0.05, 0.1) is 0 Å². The van der Waals surface area contributed by atoms with Gasteiger partial charge in [-0.2, -0.15) is 0 Å². The van der Waals surface area contributed by atoms with E-state index in [9.17, 15) is 0 Å². The molecule has 0 fully saturated rings. The third-order valence-electron chi connectivity index (χ3n) is 1.35. The van der Waals surface area contributed by atoms with Crippen molar-refractivity contribution in [1.29, 1.82) is 0 Å². The summed E-state index contributed by atoms with van der Waals surface area (Å²) < 4.78 is 1.46. The first-order valence-electron chi connectivity index (χ1n) is 3.60. The highest BCUT2D eigenvalue weighted by molar-refractivity contribution is 7.72. The van der Waals surface area contributed by atoms with Crippen LogP contribution in [0, 0.1) is 0 Å². The summed E-state index contributed by atoms with van der Waals surface area (Å²) in [5, 5.41) is 0. The quantitative estimate of drug-likeness (QED) is 0.530. The Hall–Kier alpha value is 2.13. The molecule has 0 saturated carbocycles. The van der Waals surface area contributed by atoms with Crippen LogP contribution in [0.1, 0.15) is 19.8 Å². The molecule has 13 heavy (non-hydrogen) atoms. The van der Waals surface area contributed by atoms with Gasteiger partial charge < -0.3 is 0 Å². The number of halogens is 6. The SMILES string of the molecule is CCCCN([Si](Cl)(Cl)Cl)[Si](Cl)(Cl)Cl. The van der Waals surface area contributed by atoms with Crippen LogP contribution in [0.2, 0.25) is 0 Å². The standard InChI is InChI=1S/C4H9Cl6NSi2/c1-2-3-4-11(12(5,6)7)13(8,9)10/h2-4H2,1H3. The lowest BCUT2D eigenvalue weighted by atomic mass is 10.3. The number of rotatable bonds is 5. The number of unbranched alkanes of at least 4 members (excludes halogenated alkanes) is 1. The summed E-state index contributed by atoms with van der Waals surface area (Å²) in [4.78, 5) is 0. The molecule has 0 radical (unpaired) electrons. The fourth-order valence-corrected chi connectivity index (χ4v) is 14.6. The van der Waals surface area contributed by atoms with Gasteiger partial charge in [-0.25, -0.2) is 0 Å². The fraction of sp³-hybridized carbons (Fsp3) is 1.00. The van der Waals surface area contributed by atoms with Gasteiger partial charge in [0.2, 0.25) is 0 Å². The Morgan fingerprint density at radius 1 is 0.923 bits per heavy atom. The molecule has 0 N–H and O–H groups in total. The van der Waals surface area contributed by atoms with Crippen LogP contribution in [-0.2, 0) is 0 Å². The highest BCUT2D eigenvalue weighted by Crippen LogP contribution is 2.36. The average Bonchev–Trinajstić information content (AvgIpc) is 1.81. The molecule has 0 bridgehead atoms. The summed E-state index contributed by atoms with van der Waals surface area (Å²) in [5.74, 6) is 0. The van der Waals surface area contributed by atoms with E-state index in [2.05, 4.69) is 0 Å². The zero-order valence-corrected chi connectivity index (χ0v) is 13.4. The van der Waals surface area contributed by atoms with Crippen molar-refractivity contribution in [2.24, 2.45) is 0 Å². The number of nitrogens with zero attached hydrogens (tertiary/aromatic N) is 1. The molecule has 0 unspecified atom stereocenters. The lowest BCUT2D eigenvalue weighted by Crippen LogP contribution is -2.52. The molecule has 0 saturated heterocycles. The molecule has 0 aromatic rings. The third kappa shape index (κ3) is 6.33. The monoisotopic (exact) mass is 337 g/mol. The van der Waals surface area contributed by atoms with Crippen LogP contribution < -0.4 is 0 Å². The maximum Gasteiger partial charge on any atom is 0.420 e. The van der Waals surface area contributed by atoms with Crippen LogP contribution in [0.5, 0.6) is 0 Å². The molecule has 0 rings (SSSR count). The summed E-state index contributed by atoms with van der Waals surface area (Å²) in [6.07, 6.45) is -4.25. The van der Waals surface area contributed by atoms with Crippen molar-refractivity contribution in [3.63, 3.8) is 0 Å². The molecule has 1 nitrogen and oxygen atoms in total. The Balaban J connectivity index is 4.39. The molecule has 0 spiro atoms. The van der Waals surface area contributed by atoms with Gasteiger partial charge in [-0.1, -0.05) is 13.3 Å². The fourth-order valence-electron chi connectivity index (χ4n) is 0.714. The van der Waals surface area contributed by atoms with Crippen LogP contribution >= 0.6 is 66.5 Å². The van der Waals surface area contributed by atoms with E-state index in [1.165, 1.54) is 4.23 Å². The molecule has 0 amide bonds. The van der Waals surface area contributed by atoms with E-state index in [4.69, 9.17) is 66.5 Å². The van der Waals surface area contributed by atoms with Crippen molar-refractivity contribution in [3.8, 4) is 0 Å². The van der Waals surface area contributed by atoms with Gasteiger partial charge in [0.15, 0.2) is 0 Å². The van der Waals surface area contributed by atoms with Crippen molar-refractivity contribution in [3.05, 3.63) is 0 Å². The molecule has 0 aliphatic carbocycles. The summed E-state index contributed by atoms with van der Waals surface area (Å²) in [5.41, 5.74) is 0. The van der Waals surface area contributed by atoms with Crippen LogP contribution in [-0.4, -0.2) is 23.1 Å². The van der Waals surface area contributed by atoms with Crippen molar-refractivity contribution in [2.45, 2.75) is 19.8 Å². The molecule has 0 atom stereocenters. The number of hydrogen-bond acceptors (Lipinski definition) is 1. The van der Waals surface area contributed by atoms with E-state index in [0.29, 0.717) is 6.54 Å². The number of hydrogen-bond donors (Lipinski definition) is 0.